The Kier molecular flexibility index (Phi) is 5.70. The molecule has 0 radical (unpaired) electrons. The number of alkyl halides is 3. The Labute approximate surface area is 182 Å². The second kappa shape index (κ2) is 8.19. The summed E-state index contributed by atoms with van der Waals surface area (Å²) in [5.74, 6) is -1.87. The normalized spacial score (nSPS) is 16.5. The highest BCUT2D eigenvalue weighted by atomic mass is 19.4. The summed E-state index contributed by atoms with van der Waals surface area (Å²) in [7, 11) is 0. The third-order valence-corrected chi connectivity index (χ3v) is 5.77. The van der Waals surface area contributed by atoms with Gasteiger partial charge in [-0.3, -0.25) is 4.90 Å². The van der Waals surface area contributed by atoms with E-state index in [9.17, 15) is 18.0 Å². The molecule has 0 amide bonds. The Bertz CT molecular complexity index is 1130. The van der Waals surface area contributed by atoms with E-state index < -0.39 is 12.1 Å². The van der Waals surface area contributed by atoms with Crippen LogP contribution in [-0.4, -0.2) is 56.1 Å². The van der Waals surface area contributed by atoms with Gasteiger partial charge in [0.25, 0.3) is 5.95 Å². The summed E-state index contributed by atoms with van der Waals surface area (Å²) in [6, 6.07) is 4.93. The van der Waals surface area contributed by atoms with Crippen molar-refractivity contribution < 1.29 is 27.2 Å². The Morgan fingerprint density at radius 1 is 1.28 bits per heavy atom. The van der Waals surface area contributed by atoms with Gasteiger partial charge >= 0.3 is 12.1 Å². The van der Waals surface area contributed by atoms with Crippen molar-refractivity contribution in [2.24, 2.45) is 0 Å². The second-order valence-corrected chi connectivity index (χ2v) is 8.33. The third-order valence-electron chi connectivity index (χ3n) is 5.77. The van der Waals surface area contributed by atoms with E-state index in [-0.39, 0.29) is 23.5 Å². The topological polar surface area (TPSA) is 86.3 Å². The number of hydrogen-bond acceptors (Lipinski definition) is 7. The summed E-state index contributed by atoms with van der Waals surface area (Å²) in [6.07, 6.45) is -4.05. The zero-order valence-corrected chi connectivity index (χ0v) is 18.2. The lowest BCUT2D eigenvalue weighted by Gasteiger charge is -2.41. The lowest BCUT2D eigenvalue weighted by Crippen LogP contribution is -2.49. The fraction of sp³-hybridized carbons (Fsp3) is 0.524. The van der Waals surface area contributed by atoms with Gasteiger partial charge in [0.1, 0.15) is 5.75 Å². The number of nitrogens with zero attached hydrogens (tertiary/aromatic N) is 5. The van der Waals surface area contributed by atoms with Crippen LogP contribution in [0.5, 0.6) is 5.75 Å². The molecule has 11 heteroatoms. The lowest BCUT2D eigenvalue weighted by molar-refractivity contribution is -0.189. The number of halogens is 3. The summed E-state index contributed by atoms with van der Waals surface area (Å²) in [5, 5.41) is 8.85. The molecule has 2 aromatic heterocycles. The minimum atomic E-state index is -5.11. The summed E-state index contributed by atoms with van der Waals surface area (Å²) >= 11 is 0. The van der Waals surface area contributed by atoms with Crippen molar-refractivity contribution in [3.8, 4) is 11.7 Å². The summed E-state index contributed by atoms with van der Waals surface area (Å²) in [4.78, 5) is 18.2. The molecule has 1 aromatic carbocycles. The Morgan fingerprint density at radius 3 is 2.62 bits per heavy atom. The number of likely N-dealkylation sites (tertiary alicyclic amines) is 1. The van der Waals surface area contributed by atoms with E-state index in [0.717, 1.165) is 19.5 Å². The van der Waals surface area contributed by atoms with Crippen molar-refractivity contribution >= 4 is 16.9 Å². The molecule has 0 N–H and O–H groups in total. The first-order chi connectivity index (χ1) is 15.1. The predicted octanol–water partition coefficient (Wildman–Crippen LogP) is 4.20. The number of esters is 1. The van der Waals surface area contributed by atoms with Crippen LogP contribution in [0, 0.1) is 0 Å². The highest BCUT2D eigenvalue weighted by Gasteiger charge is 2.42. The van der Waals surface area contributed by atoms with E-state index in [2.05, 4.69) is 38.7 Å². The van der Waals surface area contributed by atoms with Gasteiger partial charge in [0.15, 0.2) is 0 Å². The molecule has 1 saturated heterocycles. The highest BCUT2D eigenvalue weighted by molar-refractivity contribution is 5.92. The molecule has 32 heavy (non-hydrogen) atoms. The van der Waals surface area contributed by atoms with Gasteiger partial charge in [0.05, 0.1) is 22.5 Å². The quantitative estimate of drug-likeness (QED) is 0.410. The number of carbonyl (C=O) groups is 1. The number of carbonyl (C=O) groups excluding carboxylic acids is 1. The zero-order valence-electron chi connectivity index (χ0n) is 18.2. The van der Waals surface area contributed by atoms with Gasteiger partial charge in [0.2, 0.25) is 5.89 Å². The maximum absolute atomic E-state index is 12.8. The van der Waals surface area contributed by atoms with E-state index >= 15 is 0 Å². The van der Waals surface area contributed by atoms with Gasteiger partial charge in [-0.05, 0) is 36.6 Å². The van der Waals surface area contributed by atoms with E-state index in [1.54, 1.807) is 6.07 Å². The van der Waals surface area contributed by atoms with Crippen LogP contribution in [0.1, 0.15) is 57.5 Å². The van der Waals surface area contributed by atoms with Crippen molar-refractivity contribution in [1.29, 1.82) is 0 Å². The first kappa shape index (κ1) is 22.3. The number of rotatable bonds is 6. The van der Waals surface area contributed by atoms with Gasteiger partial charge in [-0.1, -0.05) is 26.8 Å². The molecular formula is C21H24F3N5O3. The van der Waals surface area contributed by atoms with Crippen LogP contribution in [0.15, 0.2) is 22.7 Å². The minimum Gasteiger partial charge on any atom is -0.419 e. The maximum atomic E-state index is 12.8. The molecule has 8 nitrogen and oxygen atoms in total. The number of benzene rings is 1. The van der Waals surface area contributed by atoms with Gasteiger partial charge in [-0.15, -0.1) is 0 Å². The van der Waals surface area contributed by atoms with Crippen LogP contribution in [-0.2, 0) is 4.79 Å². The van der Waals surface area contributed by atoms with Crippen LogP contribution >= 0.6 is 0 Å². The Balaban J connectivity index is 1.68. The minimum absolute atomic E-state index is 0.125. The third kappa shape index (κ3) is 3.96. The molecule has 4 rings (SSSR count). The van der Waals surface area contributed by atoms with Crippen LogP contribution in [0.2, 0.25) is 0 Å². The van der Waals surface area contributed by atoms with Crippen LogP contribution in [0.25, 0.3) is 16.9 Å². The van der Waals surface area contributed by atoms with Crippen molar-refractivity contribution in [2.75, 3.05) is 13.1 Å². The monoisotopic (exact) mass is 451 g/mol. The van der Waals surface area contributed by atoms with Crippen molar-refractivity contribution in [2.45, 2.75) is 58.2 Å². The predicted molar refractivity (Wildman–Crippen MR) is 109 cm³/mol. The Morgan fingerprint density at radius 2 is 2.00 bits per heavy atom. The zero-order chi connectivity index (χ0) is 23.2. The molecule has 0 bridgehead atoms. The first-order valence-electron chi connectivity index (χ1n) is 10.5. The average molecular weight is 451 g/mol. The van der Waals surface area contributed by atoms with Crippen molar-refractivity contribution in [1.82, 2.24) is 24.8 Å². The molecule has 0 spiro atoms. The molecule has 3 heterocycles. The van der Waals surface area contributed by atoms with E-state index in [1.807, 2.05) is 13.8 Å². The summed E-state index contributed by atoms with van der Waals surface area (Å²) in [6.45, 7) is 9.64. The van der Waals surface area contributed by atoms with Crippen LogP contribution in [0.4, 0.5) is 13.2 Å². The molecule has 3 aromatic rings. The largest absolute Gasteiger partial charge is 0.491 e. The van der Waals surface area contributed by atoms with E-state index in [4.69, 9.17) is 4.52 Å². The van der Waals surface area contributed by atoms with Gasteiger partial charge in [-0.25, -0.2) is 4.79 Å². The highest BCUT2D eigenvalue weighted by Crippen LogP contribution is 2.35. The first-order valence-corrected chi connectivity index (χ1v) is 10.5. The fourth-order valence-electron chi connectivity index (χ4n) is 3.73. The molecule has 172 valence electrons. The van der Waals surface area contributed by atoms with Crippen LogP contribution in [0.3, 0.4) is 0 Å². The SMILES string of the molecule is CCC(C)N1CC(c2nc(-n3nc(C(C)C)c4c(OC(=O)C(F)(F)F)cccc43)no2)C1. The van der Waals surface area contributed by atoms with Crippen molar-refractivity contribution in [3.63, 3.8) is 0 Å². The van der Waals surface area contributed by atoms with Gasteiger partial charge in [0, 0.05) is 19.1 Å². The standard InChI is InChI=1S/C21H24F3N5O3/c1-5-12(4)28-9-13(10-28)18-25-20(27-32-18)29-14-7-6-8-15(31-19(30)21(22,23)24)16(14)17(26-29)11(2)3/h6-8,11-13H,5,9-10H2,1-4H3. The average Bonchev–Trinajstić information content (AvgIpc) is 3.31. The van der Waals surface area contributed by atoms with E-state index in [0.29, 0.717) is 28.5 Å². The number of fused-ring (bicyclic) bond motifs is 1. The maximum Gasteiger partial charge on any atom is 0.491 e. The summed E-state index contributed by atoms with van der Waals surface area (Å²) < 4.78 is 49.8. The summed E-state index contributed by atoms with van der Waals surface area (Å²) in [5.41, 5.74) is 0.881. The van der Waals surface area contributed by atoms with Gasteiger partial charge in [-0.2, -0.15) is 27.9 Å². The lowest BCUT2D eigenvalue weighted by atomic mass is 9.97. The Hall–Kier alpha value is -2.95. The van der Waals surface area contributed by atoms with Crippen LogP contribution < -0.4 is 4.74 Å². The second-order valence-electron chi connectivity index (χ2n) is 8.33. The molecule has 1 aliphatic rings. The number of aromatic nitrogens is 4. The van der Waals surface area contributed by atoms with Gasteiger partial charge < -0.3 is 9.26 Å². The number of ether oxygens (including phenoxy) is 1. The smallest absolute Gasteiger partial charge is 0.419 e. The molecule has 1 atom stereocenters. The van der Waals surface area contributed by atoms with Crippen molar-refractivity contribution in [3.05, 3.63) is 29.8 Å². The molecule has 0 saturated carbocycles. The molecule has 0 aliphatic carbocycles. The molecular weight excluding hydrogens is 427 g/mol. The molecule has 1 fully saturated rings. The molecule has 1 unspecified atom stereocenters. The number of hydrogen-bond donors (Lipinski definition) is 0. The molecule has 1 aliphatic heterocycles. The van der Waals surface area contributed by atoms with E-state index in [1.165, 1.54) is 16.8 Å². The fourth-order valence-corrected chi connectivity index (χ4v) is 3.73.